The van der Waals surface area contributed by atoms with Crippen LogP contribution in [0.5, 0.6) is 0 Å². The molecule has 2 nitrogen and oxygen atoms in total. The van der Waals surface area contributed by atoms with E-state index >= 15 is 0 Å². The van der Waals surface area contributed by atoms with Crippen molar-refractivity contribution in [3.05, 3.63) is 121 Å². The summed E-state index contributed by atoms with van der Waals surface area (Å²) in [4.78, 5) is 13.5. The normalized spacial score (nSPS) is 55.7. The molecule has 8 unspecified atom stereocenters. The molecule has 10 atom stereocenters. The third-order valence-corrected chi connectivity index (χ3v) is 79.3. The summed E-state index contributed by atoms with van der Waals surface area (Å²) in [6, 6.07) is 49.2. The second kappa shape index (κ2) is 4.46. The first-order valence-electron chi connectivity index (χ1n) is 17.6. The zero-order valence-electron chi connectivity index (χ0n) is 27.2. The third kappa shape index (κ3) is 0.729. The van der Waals surface area contributed by atoms with Gasteiger partial charge >= 0.3 is 268 Å². The van der Waals surface area contributed by atoms with Gasteiger partial charge in [0.1, 0.15) is 0 Å². The maximum atomic E-state index is 2.91. The van der Waals surface area contributed by atoms with Crippen LogP contribution in [0.2, 0.25) is 38.0 Å². The first-order valence-corrected chi connectivity index (χ1v) is 26.4. The minimum atomic E-state index is -4.36. The summed E-state index contributed by atoms with van der Waals surface area (Å²) in [5.74, 6) is 0. The SMILES string of the molecule is C[C@@H](N(C)CCN(C)C)[C@]12[CH]3[CH]4[CH]5[C]1(P(c1ccccc1)c1ccccc1)[Fe]45321678[CH]2[CH]1[CH]6[C]7(P(c1ccccc1)c1ccccc1)[CH]28. The molecule has 0 saturated carbocycles. The molecule has 0 aromatic heterocycles. The summed E-state index contributed by atoms with van der Waals surface area (Å²) in [5.41, 5.74) is 0. The molecule has 236 valence electrons. The molecule has 0 N–H and O–H groups in total. The van der Waals surface area contributed by atoms with E-state index in [0.717, 1.165) is 25.8 Å². The van der Waals surface area contributed by atoms with Crippen LogP contribution in [0.4, 0.5) is 0 Å². The van der Waals surface area contributed by atoms with Gasteiger partial charge in [0.25, 0.3) is 0 Å². The quantitative estimate of drug-likeness (QED) is 0.118. The second-order valence-electron chi connectivity index (χ2n) is 18.8. The second-order valence-corrected chi connectivity index (χ2v) is 47.4. The molecule has 10 aliphatic heterocycles. The van der Waals surface area contributed by atoms with Crippen molar-refractivity contribution in [1.82, 2.24) is 9.80 Å². The Morgan fingerprint density at radius 1 is 0.565 bits per heavy atom. The molecule has 0 radical (unpaired) electrons. The molecule has 10 aliphatic rings. The number of hydrogen-bond acceptors (Lipinski definition) is 2. The van der Waals surface area contributed by atoms with Gasteiger partial charge in [-0.1, -0.05) is 0 Å². The van der Waals surface area contributed by atoms with Gasteiger partial charge in [0.2, 0.25) is 0 Å². The van der Waals surface area contributed by atoms with Crippen molar-refractivity contribution in [3.8, 4) is 0 Å². The van der Waals surface area contributed by atoms with Gasteiger partial charge in [-0.3, -0.25) is 0 Å². The minimum absolute atomic E-state index is 0.373. The zero-order valence-corrected chi connectivity index (χ0v) is 30.1. The fourth-order valence-corrected chi connectivity index (χ4v) is 132. The van der Waals surface area contributed by atoms with Gasteiger partial charge < -0.3 is 0 Å². The van der Waals surface area contributed by atoms with Crippen molar-refractivity contribution in [2.24, 2.45) is 0 Å². The molecule has 10 heterocycles. The molecule has 4 aromatic carbocycles. The average molecular weight is 683 g/mol. The molecule has 10 fully saturated rings. The van der Waals surface area contributed by atoms with E-state index in [2.05, 4.69) is 159 Å². The van der Waals surface area contributed by atoms with Crippen molar-refractivity contribution >= 4 is 37.1 Å². The fraction of sp³-hybridized carbons (Fsp3) is 0.415. The van der Waals surface area contributed by atoms with Gasteiger partial charge in [-0.05, 0) is 0 Å². The van der Waals surface area contributed by atoms with Gasteiger partial charge in [-0.25, -0.2) is 0 Å². The number of nitrogens with zero attached hydrogens (tertiary/aromatic N) is 2. The van der Waals surface area contributed by atoms with Crippen LogP contribution in [0.1, 0.15) is 6.92 Å². The third-order valence-electron chi connectivity index (χ3n) is 21.8. The summed E-state index contributed by atoms with van der Waals surface area (Å²) < 4.78 is 1.96. The Kier molecular flexibility index (Phi) is 2.45. The topological polar surface area (TPSA) is 6.48 Å². The average Bonchev–Trinajstić information content (AvgIpc) is 4.06. The molecule has 10 saturated heterocycles. The van der Waals surface area contributed by atoms with E-state index in [0.29, 0.717) is 18.5 Å². The van der Waals surface area contributed by atoms with Crippen LogP contribution < -0.4 is 21.2 Å². The number of benzene rings is 4. The summed E-state index contributed by atoms with van der Waals surface area (Å²) in [6.07, 6.45) is 0. The van der Waals surface area contributed by atoms with Crippen molar-refractivity contribution in [3.63, 3.8) is 0 Å². The van der Waals surface area contributed by atoms with Crippen molar-refractivity contribution in [2.45, 2.75) is 59.1 Å². The summed E-state index contributed by atoms with van der Waals surface area (Å²) >= 11 is 0. The van der Waals surface area contributed by atoms with Crippen molar-refractivity contribution in [2.75, 3.05) is 34.2 Å². The first kappa shape index (κ1) is 25.2. The van der Waals surface area contributed by atoms with Crippen LogP contribution in [0.25, 0.3) is 0 Å². The Balaban J connectivity index is 1.10. The molecule has 0 bridgehead atoms. The Bertz CT molecular complexity index is 2360. The van der Waals surface area contributed by atoms with Crippen LogP contribution in [0.15, 0.2) is 121 Å². The Labute approximate surface area is 266 Å². The van der Waals surface area contributed by atoms with E-state index in [1.54, 1.807) is 21.2 Å². The Hall–Kier alpha value is -1.82. The van der Waals surface area contributed by atoms with E-state index in [-0.39, 0.29) is 7.92 Å². The number of likely N-dealkylation sites (N-methyl/N-ethyl adjacent to an activating group) is 2. The van der Waals surface area contributed by atoms with Gasteiger partial charge in [0.05, 0.1) is 0 Å². The van der Waals surface area contributed by atoms with Gasteiger partial charge in [-0.2, -0.15) is 0 Å². The number of fused-ring (bicyclic) bond motifs is 10. The Morgan fingerprint density at radius 3 is 1.39 bits per heavy atom. The number of hydrogen-bond donors (Lipinski definition) is 0. The molecule has 0 aliphatic carbocycles. The molecule has 46 heavy (non-hydrogen) atoms. The Morgan fingerprint density at radius 2 is 1.00 bits per heavy atom. The zero-order chi connectivity index (χ0) is 30.6. The predicted molar refractivity (Wildman–Crippen MR) is 193 cm³/mol. The van der Waals surface area contributed by atoms with Crippen LogP contribution in [-0.4, -0.2) is 58.2 Å². The molecule has 5 heteroatoms. The molecule has 0 amide bonds. The first-order chi connectivity index (χ1) is 22.2. The van der Waals surface area contributed by atoms with E-state index < -0.39 is 14.4 Å². The molecular formula is C41H44FeN2P2. The van der Waals surface area contributed by atoms with Crippen LogP contribution in [0, 0.1) is 0 Å². The van der Waals surface area contributed by atoms with Crippen molar-refractivity contribution < 1.29 is 6.51 Å². The van der Waals surface area contributed by atoms with Crippen LogP contribution >= 0.6 is 15.8 Å². The molecule has 4 aromatic rings. The van der Waals surface area contributed by atoms with Crippen LogP contribution in [0.3, 0.4) is 0 Å². The summed E-state index contributed by atoms with van der Waals surface area (Å²) in [7, 11) is 6.26. The van der Waals surface area contributed by atoms with E-state index in [1.807, 2.05) is 0 Å². The summed E-state index contributed by atoms with van der Waals surface area (Å²) in [6.45, 7) is 0.772. The predicted octanol–water partition coefficient (Wildman–Crippen LogP) is 7.71. The van der Waals surface area contributed by atoms with Gasteiger partial charge in [-0.15, -0.1) is 0 Å². The van der Waals surface area contributed by atoms with E-state index in [9.17, 15) is 0 Å². The van der Waals surface area contributed by atoms with E-state index in [1.165, 1.54) is 21.0 Å². The standard InChI is InChI=1S/C24H30N2P.C17H14P.Fe/c1-20(26(4)19-18-25(2)3)23-16-11-17-24(23)27(21-12-7-5-8-13-21)22-14-9-6-10-15-22;1-3-9-15(10-4-1)18(17-13-7-8-14-17)16-11-5-2-6-12-16;/h5-17,20H,18-19H2,1-4H3;1-14H;/t20-;;/m1../s1. The molecule has 1 spiro atoms. The van der Waals surface area contributed by atoms with Crippen LogP contribution in [-0.2, 0) is 6.51 Å². The monoisotopic (exact) mass is 682 g/mol. The van der Waals surface area contributed by atoms with Crippen molar-refractivity contribution in [1.29, 1.82) is 0 Å². The molecular weight excluding hydrogens is 638 g/mol. The maximum absolute atomic E-state index is 4.36. The summed E-state index contributed by atoms with van der Waals surface area (Å²) in [5, 5.41) is 6.83. The molecule has 14 rings (SSSR count). The number of rotatable bonds is 11. The van der Waals surface area contributed by atoms with E-state index in [4.69, 9.17) is 0 Å². The van der Waals surface area contributed by atoms with Gasteiger partial charge in [0.15, 0.2) is 0 Å². The van der Waals surface area contributed by atoms with Gasteiger partial charge in [0, 0.05) is 0 Å². The fourth-order valence-electron chi connectivity index (χ4n) is 23.5.